The van der Waals surface area contributed by atoms with Crippen LogP contribution in [0, 0.1) is 10.1 Å². The van der Waals surface area contributed by atoms with Crippen molar-refractivity contribution in [2.45, 2.75) is 65.3 Å². The largest absolute Gasteiger partial charge is 0.437 e. The molecule has 1 atom stereocenters. The van der Waals surface area contributed by atoms with Crippen molar-refractivity contribution in [3.8, 4) is 0 Å². The van der Waals surface area contributed by atoms with Gasteiger partial charge in [-0.1, -0.05) is 4.98 Å². The van der Waals surface area contributed by atoms with Gasteiger partial charge in [0.05, 0.1) is 11.1 Å². The minimum Gasteiger partial charge on any atom is -0.390 e. The van der Waals surface area contributed by atoms with Crippen LogP contribution < -0.4 is 10.6 Å². The van der Waals surface area contributed by atoms with E-state index in [0.29, 0.717) is 19.5 Å². The number of hydrogen-bond donors (Lipinski definition) is 2. The van der Waals surface area contributed by atoms with Gasteiger partial charge < -0.3 is 25.5 Å². The molecule has 0 saturated carbocycles. The summed E-state index contributed by atoms with van der Waals surface area (Å²) in [5.41, 5.74) is -1.57. The van der Waals surface area contributed by atoms with E-state index < -0.39 is 28.2 Å². The van der Waals surface area contributed by atoms with Crippen molar-refractivity contribution in [1.29, 1.82) is 0 Å². The molecule has 0 amide bonds. The van der Waals surface area contributed by atoms with Crippen LogP contribution in [0.1, 0.15) is 54.2 Å². The summed E-state index contributed by atoms with van der Waals surface area (Å²) in [5, 5.41) is 17.5. The third-order valence-electron chi connectivity index (χ3n) is 4.60. The van der Waals surface area contributed by atoms with Crippen LogP contribution >= 0.6 is 0 Å². The first-order chi connectivity index (χ1) is 12.9. The fraction of sp³-hybridized carbons (Fsp3) is 0.722. The highest BCUT2D eigenvalue weighted by Gasteiger charge is 2.39. The van der Waals surface area contributed by atoms with Crippen LogP contribution in [0.4, 0.5) is 5.95 Å². The number of imidazole rings is 1. The summed E-state index contributed by atoms with van der Waals surface area (Å²) in [7, 11) is 0. The molecule has 10 nitrogen and oxygen atoms in total. The van der Waals surface area contributed by atoms with E-state index in [1.807, 2.05) is 13.8 Å². The van der Waals surface area contributed by atoms with Gasteiger partial charge in [-0.3, -0.25) is 9.59 Å². The first-order valence-electron chi connectivity index (χ1n) is 9.28. The van der Waals surface area contributed by atoms with E-state index in [2.05, 4.69) is 15.6 Å². The molecule has 1 rings (SSSR count). The summed E-state index contributed by atoms with van der Waals surface area (Å²) in [6.45, 7) is 11.6. The first kappa shape index (κ1) is 23.9. The standard InChI is InChI=1S/C18H31N5O5/c1-7-28-15(22-12-11-19-16(22)23(26)27)14(25)18(5,6)21-10-8-9-20-17(3,4)13(2)24/h11-12,15,20-21H,7-10H2,1-6H3. The number of nitrogens with one attached hydrogen (secondary N) is 2. The summed E-state index contributed by atoms with van der Waals surface area (Å²) in [6, 6.07) is 0. The van der Waals surface area contributed by atoms with Gasteiger partial charge in [0.25, 0.3) is 0 Å². The maximum Gasteiger partial charge on any atom is 0.437 e. The fourth-order valence-corrected chi connectivity index (χ4v) is 2.48. The molecule has 1 aromatic rings. The van der Waals surface area contributed by atoms with Crippen LogP contribution in [0.2, 0.25) is 0 Å². The summed E-state index contributed by atoms with van der Waals surface area (Å²) in [6.07, 6.45) is 2.17. The first-order valence-corrected chi connectivity index (χ1v) is 9.28. The lowest BCUT2D eigenvalue weighted by Gasteiger charge is -2.29. The van der Waals surface area contributed by atoms with Crippen LogP contribution in [0.25, 0.3) is 0 Å². The van der Waals surface area contributed by atoms with Crippen molar-refractivity contribution >= 4 is 17.5 Å². The molecule has 1 unspecified atom stereocenters. The molecule has 0 aromatic carbocycles. The number of ketones is 2. The Kier molecular flexibility index (Phi) is 8.40. The molecule has 0 aliphatic rings. The Morgan fingerprint density at radius 3 is 2.32 bits per heavy atom. The van der Waals surface area contributed by atoms with E-state index in [0.717, 1.165) is 4.57 Å². The molecule has 2 N–H and O–H groups in total. The molecular formula is C18H31N5O5. The van der Waals surface area contributed by atoms with Gasteiger partial charge in [0.2, 0.25) is 12.0 Å². The average molecular weight is 397 g/mol. The van der Waals surface area contributed by atoms with Crippen molar-refractivity contribution in [3.63, 3.8) is 0 Å². The van der Waals surface area contributed by atoms with E-state index >= 15 is 0 Å². The van der Waals surface area contributed by atoms with Gasteiger partial charge in [-0.15, -0.1) is 0 Å². The van der Waals surface area contributed by atoms with E-state index in [9.17, 15) is 19.7 Å². The molecule has 0 radical (unpaired) electrons. The Bertz CT molecular complexity index is 698. The van der Waals surface area contributed by atoms with Gasteiger partial charge in [-0.05, 0) is 66.0 Å². The zero-order chi connectivity index (χ0) is 21.5. The maximum atomic E-state index is 13.0. The van der Waals surface area contributed by atoms with Crippen LogP contribution in [0.5, 0.6) is 0 Å². The highest BCUT2D eigenvalue weighted by Crippen LogP contribution is 2.23. The van der Waals surface area contributed by atoms with Gasteiger partial charge in [-0.25, -0.2) is 0 Å². The number of hydrogen-bond acceptors (Lipinski definition) is 8. The lowest BCUT2D eigenvalue weighted by Crippen LogP contribution is -2.51. The van der Waals surface area contributed by atoms with Gasteiger partial charge in [0.1, 0.15) is 18.2 Å². The summed E-state index contributed by atoms with van der Waals surface area (Å²) < 4.78 is 6.63. The molecule has 0 saturated heterocycles. The molecule has 0 spiro atoms. The lowest BCUT2D eigenvalue weighted by molar-refractivity contribution is -0.398. The number of nitro groups is 1. The van der Waals surface area contributed by atoms with Gasteiger partial charge in [0, 0.05) is 6.61 Å². The van der Waals surface area contributed by atoms with Crippen molar-refractivity contribution < 1.29 is 19.2 Å². The van der Waals surface area contributed by atoms with Crippen LogP contribution in [0.3, 0.4) is 0 Å². The van der Waals surface area contributed by atoms with Crippen molar-refractivity contribution in [3.05, 3.63) is 22.5 Å². The number of rotatable bonds is 13. The SMILES string of the molecule is CCOC(C(=O)C(C)(C)NCCCNC(C)(C)C(C)=O)n1ccnc1[N+](=O)[O-]. The summed E-state index contributed by atoms with van der Waals surface area (Å²) in [4.78, 5) is 38.7. The lowest BCUT2D eigenvalue weighted by atomic mass is 9.97. The van der Waals surface area contributed by atoms with E-state index in [1.165, 1.54) is 19.3 Å². The molecule has 1 heterocycles. The van der Waals surface area contributed by atoms with Crippen LogP contribution in [0.15, 0.2) is 12.4 Å². The molecule has 0 fully saturated rings. The molecule has 1 aromatic heterocycles. The van der Waals surface area contributed by atoms with Gasteiger partial charge >= 0.3 is 5.95 Å². The predicted molar refractivity (Wildman–Crippen MR) is 104 cm³/mol. The van der Waals surface area contributed by atoms with E-state index in [4.69, 9.17) is 4.74 Å². The summed E-state index contributed by atoms with van der Waals surface area (Å²) >= 11 is 0. The van der Waals surface area contributed by atoms with Crippen molar-refractivity contribution in [1.82, 2.24) is 20.2 Å². The molecule has 28 heavy (non-hydrogen) atoms. The Balaban J connectivity index is 2.73. The Morgan fingerprint density at radius 1 is 1.25 bits per heavy atom. The van der Waals surface area contributed by atoms with Gasteiger partial charge in [-0.2, -0.15) is 4.57 Å². The minimum absolute atomic E-state index is 0.0532. The topological polar surface area (TPSA) is 128 Å². The molecular weight excluding hydrogens is 366 g/mol. The Morgan fingerprint density at radius 2 is 1.82 bits per heavy atom. The van der Waals surface area contributed by atoms with Gasteiger partial charge in [0.15, 0.2) is 0 Å². The molecule has 0 bridgehead atoms. The fourth-order valence-electron chi connectivity index (χ4n) is 2.48. The normalized spacial score (nSPS) is 13.4. The minimum atomic E-state index is -1.15. The number of carbonyl (C=O) groups is 2. The highest BCUT2D eigenvalue weighted by molar-refractivity contribution is 5.90. The number of nitrogens with zero attached hydrogens (tertiary/aromatic N) is 3. The highest BCUT2D eigenvalue weighted by atomic mass is 16.6. The van der Waals surface area contributed by atoms with Crippen molar-refractivity contribution in [2.75, 3.05) is 19.7 Å². The molecule has 0 aliphatic heterocycles. The Labute approximate surface area is 165 Å². The number of carbonyl (C=O) groups excluding carboxylic acids is 2. The number of Topliss-reactive ketones (excluding diaryl/α,β-unsaturated/α-hetero) is 2. The second kappa shape index (κ2) is 9.85. The predicted octanol–water partition coefficient (Wildman–Crippen LogP) is 1.61. The van der Waals surface area contributed by atoms with Crippen LogP contribution in [-0.2, 0) is 14.3 Å². The summed E-state index contributed by atoms with van der Waals surface area (Å²) in [5.74, 6) is -0.733. The third kappa shape index (κ3) is 6.18. The van der Waals surface area contributed by atoms with Crippen molar-refractivity contribution in [2.24, 2.45) is 0 Å². The maximum absolute atomic E-state index is 13.0. The smallest absolute Gasteiger partial charge is 0.390 e. The molecule has 158 valence electrons. The monoisotopic (exact) mass is 397 g/mol. The number of aromatic nitrogens is 2. The number of ether oxygens (including phenoxy) is 1. The second-order valence-electron chi connectivity index (χ2n) is 7.58. The average Bonchev–Trinajstić information content (AvgIpc) is 3.08. The van der Waals surface area contributed by atoms with E-state index in [1.54, 1.807) is 20.8 Å². The Hall–Kier alpha value is -2.17. The molecule has 10 heteroatoms. The zero-order valence-corrected chi connectivity index (χ0v) is 17.4. The third-order valence-corrected chi connectivity index (χ3v) is 4.60. The second-order valence-corrected chi connectivity index (χ2v) is 7.58. The van der Waals surface area contributed by atoms with E-state index in [-0.39, 0.29) is 18.2 Å². The zero-order valence-electron chi connectivity index (χ0n) is 17.4. The molecule has 0 aliphatic carbocycles. The van der Waals surface area contributed by atoms with Crippen LogP contribution in [-0.4, -0.2) is 56.8 Å². The quantitative estimate of drug-likeness (QED) is 0.292.